The van der Waals surface area contributed by atoms with E-state index < -0.39 is 0 Å². The molecule has 3 rings (SSSR count). The van der Waals surface area contributed by atoms with Crippen LogP contribution in [0.5, 0.6) is 0 Å². The molecule has 0 atom stereocenters. The van der Waals surface area contributed by atoms with Crippen molar-refractivity contribution in [2.24, 2.45) is 5.10 Å². The zero-order valence-electron chi connectivity index (χ0n) is 12.4. The SMILES string of the molecule is CC1=NN(c2ccc(NC(=O)c3ccccc3Cl)cc2)C(=O)C1. The average molecular weight is 328 g/mol. The van der Waals surface area contributed by atoms with Crippen LogP contribution >= 0.6 is 11.6 Å². The maximum absolute atomic E-state index is 12.2. The molecule has 1 heterocycles. The predicted octanol–water partition coefficient (Wildman–Crippen LogP) is 3.70. The summed E-state index contributed by atoms with van der Waals surface area (Å²) in [6, 6.07) is 13.8. The molecule has 0 aromatic heterocycles. The standard InChI is InChI=1S/C17H14ClN3O2/c1-11-10-16(22)21(20-11)13-8-6-12(7-9-13)19-17(23)14-4-2-3-5-15(14)18/h2-9H,10H2,1H3,(H,19,23). The molecule has 1 N–H and O–H groups in total. The highest BCUT2D eigenvalue weighted by Crippen LogP contribution is 2.23. The van der Waals surface area contributed by atoms with Gasteiger partial charge in [0.15, 0.2) is 0 Å². The molecule has 0 aliphatic carbocycles. The number of carbonyl (C=O) groups is 2. The zero-order chi connectivity index (χ0) is 16.4. The summed E-state index contributed by atoms with van der Waals surface area (Å²) in [4.78, 5) is 24.0. The van der Waals surface area contributed by atoms with Crippen LogP contribution in [0.1, 0.15) is 23.7 Å². The van der Waals surface area contributed by atoms with Crippen molar-refractivity contribution in [3.8, 4) is 0 Å². The molecule has 0 unspecified atom stereocenters. The van der Waals surface area contributed by atoms with Gasteiger partial charge >= 0.3 is 0 Å². The molecule has 0 bridgehead atoms. The van der Waals surface area contributed by atoms with E-state index in [1.807, 2.05) is 6.92 Å². The second-order valence-corrected chi connectivity index (χ2v) is 5.61. The van der Waals surface area contributed by atoms with E-state index in [4.69, 9.17) is 11.6 Å². The molecule has 0 fully saturated rings. The number of amides is 2. The Morgan fingerprint density at radius 3 is 2.48 bits per heavy atom. The molecule has 116 valence electrons. The van der Waals surface area contributed by atoms with E-state index >= 15 is 0 Å². The number of anilines is 2. The normalized spacial score (nSPS) is 13.9. The molecule has 23 heavy (non-hydrogen) atoms. The number of hydrogen-bond acceptors (Lipinski definition) is 3. The molecule has 2 amide bonds. The van der Waals surface area contributed by atoms with E-state index in [-0.39, 0.29) is 11.8 Å². The monoisotopic (exact) mass is 327 g/mol. The van der Waals surface area contributed by atoms with E-state index in [0.717, 1.165) is 5.71 Å². The highest BCUT2D eigenvalue weighted by Gasteiger charge is 2.22. The van der Waals surface area contributed by atoms with Crippen molar-refractivity contribution < 1.29 is 9.59 Å². The largest absolute Gasteiger partial charge is 0.322 e. The molecule has 1 aliphatic rings. The van der Waals surface area contributed by atoms with Crippen LogP contribution in [0.4, 0.5) is 11.4 Å². The molecular formula is C17H14ClN3O2. The summed E-state index contributed by atoms with van der Waals surface area (Å²) in [6.45, 7) is 1.82. The van der Waals surface area contributed by atoms with E-state index in [9.17, 15) is 9.59 Å². The third-order valence-electron chi connectivity index (χ3n) is 3.40. The summed E-state index contributed by atoms with van der Waals surface area (Å²) in [5, 5.41) is 8.73. The molecule has 2 aromatic carbocycles. The van der Waals surface area contributed by atoms with Gasteiger partial charge in [-0.05, 0) is 43.3 Å². The lowest BCUT2D eigenvalue weighted by Gasteiger charge is -2.12. The third-order valence-corrected chi connectivity index (χ3v) is 3.73. The number of hydrazone groups is 1. The Hall–Kier alpha value is -2.66. The Balaban J connectivity index is 1.74. The van der Waals surface area contributed by atoms with Gasteiger partial charge in [-0.3, -0.25) is 9.59 Å². The Labute approximate surface area is 138 Å². The van der Waals surface area contributed by atoms with E-state index in [0.29, 0.717) is 28.4 Å². The number of halogens is 1. The van der Waals surface area contributed by atoms with Gasteiger partial charge in [-0.2, -0.15) is 5.10 Å². The van der Waals surface area contributed by atoms with Gasteiger partial charge in [0.1, 0.15) is 0 Å². The fourth-order valence-corrected chi connectivity index (χ4v) is 2.51. The van der Waals surface area contributed by atoms with Crippen molar-refractivity contribution >= 4 is 40.5 Å². The highest BCUT2D eigenvalue weighted by atomic mass is 35.5. The second-order valence-electron chi connectivity index (χ2n) is 5.20. The van der Waals surface area contributed by atoms with Crippen LogP contribution in [0.3, 0.4) is 0 Å². The van der Waals surface area contributed by atoms with Gasteiger partial charge in [-0.1, -0.05) is 23.7 Å². The Kier molecular flexibility index (Phi) is 4.12. The van der Waals surface area contributed by atoms with Crippen LogP contribution in [0.25, 0.3) is 0 Å². The topological polar surface area (TPSA) is 61.8 Å². The van der Waals surface area contributed by atoms with Crippen molar-refractivity contribution in [3.63, 3.8) is 0 Å². The van der Waals surface area contributed by atoms with Gasteiger partial charge in [0, 0.05) is 11.4 Å². The smallest absolute Gasteiger partial charge is 0.257 e. The summed E-state index contributed by atoms with van der Waals surface area (Å²) in [6.07, 6.45) is 0.338. The van der Waals surface area contributed by atoms with Crippen LogP contribution in [0, 0.1) is 0 Å². The molecule has 0 saturated carbocycles. The molecule has 0 saturated heterocycles. The molecular weight excluding hydrogens is 314 g/mol. The molecule has 0 radical (unpaired) electrons. The molecule has 5 nitrogen and oxygen atoms in total. The molecule has 2 aromatic rings. The van der Waals surface area contributed by atoms with Crippen molar-refractivity contribution in [2.45, 2.75) is 13.3 Å². The van der Waals surface area contributed by atoms with Crippen LogP contribution in [0.15, 0.2) is 53.6 Å². The number of hydrogen-bond donors (Lipinski definition) is 1. The van der Waals surface area contributed by atoms with E-state index in [2.05, 4.69) is 10.4 Å². The van der Waals surface area contributed by atoms with Crippen molar-refractivity contribution in [1.29, 1.82) is 0 Å². The van der Waals surface area contributed by atoms with E-state index in [1.54, 1.807) is 48.5 Å². The first-order valence-electron chi connectivity index (χ1n) is 7.07. The minimum atomic E-state index is -0.283. The first kappa shape index (κ1) is 15.2. The Bertz CT molecular complexity index is 800. The first-order valence-corrected chi connectivity index (χ1v) is 7.45. The minimum absolute atomic E-state index is 0.0599. The summed E-state index contributed by atoms with van der Waals surface area (Å²) < 4.78 is 0. The predicted molar refractivity (Wildman–Crippen MR) is 91.1 cm³/mol. The lowest BCUT2D eigenvalue weighted by molar-refractivity contribution is -0.116. The van der Waals surface area contributed by atoms with Crippen LogP contribution in [-0.2, 0) is 4.79 Å². The van der Waals surface area contributed by atoms with Crippen molar-refractivity contribution in [2.75, 3.05) is 10.3 Å². The highest BCUT2D eigenvalue weighted by molar-refractivity contribution is 6.34. The second kappa shape index (κ2) is 6.22. The number of nitrogens with zero attached hydrogens (tertiary/aromatic N) is 2. The van der Waals surface area contributed by atoms with Crippen LogP contribution in [-0.4, -0.2) is 17.5 Å². The van der Waals surface area contributed by atoms with Crippen LogP contribution in [0.2, 0.25) is 5.02 Å². The zero-order valence-corrected chi connectivity index (χ0v) is 13.2. The van der Waals surface area contributed by atoms with Gasteiger partial charge in [-0.25, -0.2) is 5.01 Å². The summed E-state index contributed by atoms with van der Waals surface area (Å²) >= 11 is 6.01. The third kappa shape index (κ3) is 3.24. The Morgan fingerprint density at radius 2 is 1.87 bits per heavy atom. The number of nitrogens with one attached hydrogen (secondary N) is 1. The van der Waals surface area contributed by atoms with Gasteiger partial charge in [0.05, 0.1) is 22.7 Å². The summed E-state index contributed by atoms with van der Waals surface area (Å²) in [7, 11) is 0. The summed E-state index contributed by atoms with van der Waals surface area (Å²) in [5.74, 6) is -0.343. The van der Waals surface area contributed by atoms with Gasteiger partial charge in [0.2, 0.25) is 0 Å². The number of rotatable bonds is 3. The molecule has 0 spiro atoms. The van der Waals surface area contributed by atoms with Crippen molar-refractivity contribution in [3.05, 3.63) is 59.1 Å². The number of carbonyl (C=O) groups excluding carboxylic acids is 2. The average Bonchev–Trinajstić information content (AvgIpc) is 2.87. The van der Waals surface area contributed by atoms with Crippen LogP contribution < -0.4 is 10.3 Å². The first-order chi connectivity index (χ1) is 11.0. The lowest BCUT2D eigenvalue weighted by atomic mass is 10.2. The Morgan fingerprint density at radius 1 is 1.17 bits per heavy atom. The summed E-state index contributed by atoms with van der Waals surface area (Å²) in [5.41, 5.74) is 2.48. The van der Waals surface area contributed by atoms with Gasteiger partial charge in [0.25, 0.3) is 11.8 Å². The molecule has 6 heteroatoms. The fraction of sp³-hybridized carbons (Fsp3) is 0.118. The quantitative estimate of drug-likeness (QED) is 0.934. The van der Waals surface area contributed by atoms with Gasteiger partial charge in [-0.15, -0.1) is 0 Å². The maximum atomic E-state index is 12.2. The fourth-order valence-electron chi connectivity index (χ4n) is 2.29. The maximum Gasteiger partial charge on any atom is 0.257 e. The molecule has 1 aliphatic heterocycles. The number of benzene rings is 2. The lowest BCUT2D eigenvalue weighted by Crippen LogP contribution is -2.19. The minimum Gasteiger partial charge on any atom is -0.322 e. The van der Waals surface area contributed by atoms with Gasteiger partial charge < -0.3 is 5.32 Å². The van der Waals surface area contributed by atoms with Crippen molar-refractivity contribution in [1.82, 2.24) is 0 Å². The van der Waals surface area contributed by atoms with E-state index in [1.165, 1.54) is 5.01 Å².